The van der Waals surface area contributed by atoms with Crippen LogP contribution in [0, 0.1) is 6.92 Å². The Kier molecular flexibility index (Phi) is 5.71. The van der Waals surface area contributed by atoms with E-state index in [1.807, 2.05) is 6.92 Å². The lowest BCUT2D eigenvalue weighted by atomic mass is 10.2. The minimum Gasteiger partial charge on any atom is -0.482 e. The van der Waals surface area contributed by atoms with Crippen molar-refractivity contribution in [2.24, 2.45) is 0 Å². The summed E-state index contributed by atoms with van der Waals surface area (Å²) in [6.45, 7) is 6.55. The predicted octanol–water partition coefficient (Wildman–Crippen LogP) is 1.28. The highest BCUT2D eigenvalue weighted by atomic mass is 35.5. The number of aromatic nitrogens is 2. The molecule has 0 radical (unpaired) electrons. The molecule has 10 nitrogen and oxygen atoms in total. The average Bonchev–Trinajstić information content (AvgIpc) is 3.14. The molecule has 1 saturated heterocycles. The lowest BCUT2D eigenvalue weighted by Crippen LogP contribution is -2.48. The van der Waals surface area contributed by atoms with Crippen molar-refractivity contribution in [3.05, 3.63) is 28.9 Å². The van der Waals surface area contributed by atoms with E-state index >= 15 is 0 Å². The molecule has 2 aliphatic heterocycles. The number of amides is 1. The molecule has 4 rings (SSSR count). The fourth-order valence-corrected chi connectivity index (χ4v) is 5.48. The number of benzene rings is 1. The van der Waals surface area contributed by atoms with Gasteiger partial charge in [0.25, 0.3) is 5.91 Å². The Morgan fingerprint density at radius 2 is 1.93 bits per heavy atom. The topological polar surface area (TPSA) is 109 Å². The van der Waals surface area contributed by atoms with Crippen LogP contribution in [0.4, 0.5) is 5.69 Å². The zero-order chi connectivity index (χ0) is 21.5. The van der Waals surface area contributed by atoms with Crippen LogP contribution in [-0.2, 0) is 21.4 Å². The number of likely N-dealkylation sites (N-methyl/N-ethyl adjacent to an activating group) is 1. The summed E-state index contributed by atoms with van der Waals surface area (Å²) in [6.07, 6.45) is 0. The second-order valence-corrected chi connectivity index (χ2v) is 9.40. The van der Waals surface area contributed by atoms with Gasteiger partial charge in [0, 0.05) is 39.2 Å². The lowest BCUT2D eigenvalue weighted by molar-refractivity contribution is -0.121. The third kappa shape index (κ3) is 3.89. The summed E-state index contributed by atoms with van der Waals surface area (Å²) in [5.41, 5.74) is 0.369. The summed E-state index contributed by atoms with van der Waals surface area (Å²) >= 11 is 6.38. The highest BCUT2D eigenvalue weighted by Gasteiger charge is 2.34. The van der Waals surface area contributed by atoms with E-state index in [1.54, 1.807) is 6.92 Å². The molecular formula is C18H22ClN5O5S. The third-order valence-corrected chi connectivity index (χ3v) is 7.59. The minimum absolute atomic E-state index is 0.0271. The fraction of sp³-hybridized carbons (Fsp3) is 0.500. The molecule has 162 valence electrons. The summed E-state index contributed by atoms with van der Waals surface area (Å²) in [7, 11) is -3.79. The molecule has 1 aromatic heterocycles. The van der Waals surface area contributed by atoms with Gasteiger partial charge in [-0.05, 0) is 12.6 Å². The standard InChI is InChI=1S/C18H22ClN5O5S/c1-3-22-4-6-23(7-5-22)30(26,27)16-9-15-14(8-13(16)19)24(18(25)11-28-15)10-17-20-12(2)29-21-17/h8-9H,3-7,10-11H2,1-2H3. The van der Waals surface area contributed by atoms with E-state index in [4.69, 9.17) is 20.9 Å². The predicted molar refractivity (Wildman–Crippen MR) is 108 cm³/mol. The van der Waals surface area contributed by atoms with Crippen molar-refractivity contribution in [3.63, 3.8) is 0 Å². The van der Waals surface area contributed by atoms with Crippen molar-refractivity contribution < 1.29 is 22.5 Å². The van der Waals surface area contributed by atoms with Crippen LogP contribution in [0.15, 0.2) is 21.6 Å². The quantitative estimate of drug-likeness (QED) is 0.663. The number of halogens is 1. The molecule has 2 aromatic rings. The molecule has 0 bridgehead atoms. The minimum atomic E-state index is -3.79. The molecule has 3 heterocycles. The van der Waals surface area contributed by atoms with Crippen LogP contribution in [0.1, 0.15) is 18.6 Å². The Balaban J connectivity index is 1.64. The number of carbonyl (C=O) groups is 1. The molecule has 0 unspecified atom stereocenters. The van der Waals surface area contributed by atoms with Crippen molar-refractivity contribution >= 4 is 33.2 Å². The summed E-state index contributed by atoms with van der Waals surface area (Å²) in [6, 6.07) is 2.83. The van der Waals surface area contributed by atoms with Gasteiger partial charge >= 0.3 is 0 Å². The SMILES string of the molecule is CCN1CCN(S(=O)(=O)c2cc3c(cc2Cl)N(Cc2noc(C)n2)C(=O)CO3)CC1. The Morgan fingerprint density at radius 1 is 1.20 bits per heavy atom. The van der Waals surface area contributed by atoms with Crippen LogP contribution in [0.3, 0.4) is 0 Å². The zero-order valence-electron chi connectivity index (χ0n) is 16.7. The van der Waals surface area contributed by atoms with E-state index < -0.39 is 10.0 Å². The largest absolute Gasteiger partial charge is 0.482 e. The molecular weight excluding hydrogens is 434 g/mol. The van der Waals surface area contributed by atoms with Gasteiger partial charge in [0.1, 0.15) is 10.6 Å². The van der Waals surface area contributed by atoms with Gasteiger partial charge in [-0.1, -0.05) is 23.7 Å². The van der Waals surface area contributed by atoms with Crippen LogP contribution < -0.4 is 9.64 Å². The first-order chi connectivity index (χ1) is 14.3. The number of rotatable bonds is 5. The van der Waals surface area contributed by atoms with Crippen molar-refractivity contribution in [1.82, 2.24) is 19.3 Å². The molecule has 0 saturated carbocycles. The van der Waals surface area contributed by atoms with Crippen molar-refractivity contribution in [1.29, 1.82) is 0 Å². The van der Waals surface area contributed by atoms with Crippen LogP contribution in [0.25, 0.3) is 0 Å². The van der Waals surface area contributed by atoms with E-state index in [0.717, 1.165) is 6.54 Å². The van der Waals surface area contributed by atoms with Gasteiger partial charge in [0.05, 0.1) is 17.3 Å². The first-order valence-electron chi connectivity index (χ1n) is 9.58. The molecule has 0 atom stereocenters. The second kappa shape index (κ2) is 8.14. The number of aryl methyl sites for hydroxylation is 1. The lowest BCUT2D eigenvalue weighted by Gasteiger charge is -2.34. The van der Waals surface area contributed by atoms with Gasteiger partial charge in [0.15, 0.2) is 12.4 Å². The van der Waals surface area contributed by atoms with Gasteiger partial charge in [0.2, 0.25) is 15.9 Å². The van der Waals surface area contributed by atoms with Crippen molar-refractivity contribution in [2.75, 3.05) is 44.2 Å². The highest BCUT2D eigenvalue weighted by Crippen LogP contribution is 2.40. The number of hydrogen-bond acceptors (Lipinski definition) is 8. The smallest absolute Gasteiger partial charge is 0.265 e. The Hall–Kier alpha value is -2.21. The molecule has 30 heavy (non-hydrogen) atoms. The van der Waals surface area contributed by atoms with Gasteiger partial charge in [-0.25, -0.2) is 8.42 Å². The van der Waals surface area contributed by atoms with E-state index in [9.17, 15) is 13.2 Å². The molecule has 1 aromatic carbocycles. The first kappa shape index (κ1) is 21.0. The maximum atomic E-state index is 13.2. The third-order valence-electron chi connectivity index (χ3n) is 5.22. The van der Waals surface area contributed by atoms with Crippen molar-refractivity contribution in [3.8, 4) is 5.75 Å². The van der Waals surface area contributed by atoms with Crippen molar-refractivity contribution in [2.45, 2.75) is 25.3 Å². The van der Waals surface area contributed by atoms with Gasteiger partial charge in [-0.2, -0.15) is 9.29 Å². The summed E-state index contributed by atoms with van der Waals surface area (Å²) in [4.78, 5) is 20.1. The molecule has 0 N–H and O–H groups in total. The number of anilines is 1. The molecule has 12 heteroatoms. The Morgan fingerprint density at radius 3 is 2.57 bits per heavy atom. The summed E-state index contributed by atoms with van der Waals surface area (Å²) in [5.74, 6) is 0.668. The number of piperazine rings is 1. The Bertz CT molecular complexity index is 1060. The van der Waals surface area contributed by atoms with Crippen LogP contribution in [-0.4, -0.2) is 73.0 Å². The number of ether oxygens (including phenoxy) is 1. The normalized spacial score (nSPS) is 18.4. The molecule has 2 aliphatic rings. The number of nitrogens with zero attached hydrogens (tertiary/aromatic N) is 5. The first-order valence-corrected chi connectivity index (χ1v) is 11.4. The molecule has 1 fully saturated rings. The van der Waals surface area contributed by atoms with Gasteiger partial charge in [-0.3, -0.25) is 9.69 Å². The van der Waals surface area contributed by atoms with E-state index in [2.05, 4.69) is 15.0 Å². The molecule has 1 amide bonds. The van der Waals surface area contributed by atoms with E-state index in [0.29, 0.717) is 43.6 Å². The number of sulfonamides is 1. The molecule has 0 spiro atoms. The zero-order valence-corrected chi connectivity index (χ0v) is 18.2. The van der Waals surface area contributed by atoms with Gasteiger partial charge < -0.3 is 14.2 Å². The summed E-state index contributed by atoms with van der Waals surface area (Å²) in [5, 5.41) is 3.84. The van der Waals surface area contributed by atoms with E-state index in [-0.39, 0.29) is 34.7 Å². The fourth-order valence-electron chi connectivity index (χ4n) is 3.55. The van der Waals surface area contributed by atoms with Crippen LogP contribution >= 0.6 is 11.6 Å². The monoisotopic (exact) mass is 455 g/mol. The highest BCUT2D eigenvalue weighted by molar-refractivity contribution is 7.89. The average molecular weight is 456 g/mol. The number of carbonyl (C=O) groups excluding carboxylic acids is 1. The maximum Gasteiger partial charge on any atom is 0.265 e. The number of fused-ring (bicyclic) bond motifs is 1. The van der Waals surface area contributed by atoms with E-state index in [1.165, 1.54) is 21.3 Å². The molecule has 0 aliphatic carbocycles. The van der Waals surface area contributed by atoms with Crippen LogP contribution in [0.2, 0.25) is 5.02 Å². The maximum absolute atomic E-state index is 13.2. The second-order valence-electron chi connectivity index (χ2n) is 7.09. The Labute approximate surface area is 179 Å². The van der Waals surface area contributed by atoms with Crippen LogP contribution in [0.5, 0.6) is 5.75 Å². The number of hydrogen-bond donors (Lipinski definition) is 0. The summed E-state index contributed by atoms with van der Waals surface area (Å²) < 4.78 is 38.3. The van der Waals surface area contributed by atoms with Gasteiger partial charge in [-0.15, -0.1) is 0 Å².